The summed E-state index contributed by atoms with van der Waals surface area (Å²) >= 11 is 0. The Balaban J connectivity index is 2.53. The third-order valence-corrected chi connectivity index (χ3v) is 4.03. The number of aromatic nitrogens is 2. The van der Waals surface area contributed by atoms with Crippen LogP contribution >= 0.6 is 0 Å². The summed E-state index contributed by atoms with van der Waals surface area (Å²) in [6.45, 7) is 1.90. The van der Waals surface area contributed by atoms with Gasteiger partial charge in [-0.1, -0.05) is 17.7 Å². The number of nitrogens with zero attached hydrogens (tertiary/aromatic N) is 2. The largest absolute Gasteiger partial charge is 0.383 e. The Hall–Kier alpha value is -1.76. The zero-order valence-electron chi connectivity index (χ0n) is 9.58. The second kappa shape index (κ2) is 3.92. The monoisotopic (exact) mass is 249 g/mol. The van der Waals surface area contributed by atoms with Crippen molar-refractivity contribution in [3.05, 3.63) is 36.0 Å². The number of benzene rings is 1. The van der Waals surface area contributed by atoms with Crippen LogP contribution in [0.25, 0.3) is 0 Å². The summed E-state index contributed by atoms with van der Waals surface area (Å²) in [6.07, 6.45) is 1.41. The highest BCUT2D eigenvalue weighted by atomic mass is 32.2. The van der Waals surface area contributed by atoms with Crippen LogP contribution in [0, 0.1) is 6.92 Å². The SMILES string of the molecule is Bc1cn(S(=O)(=O)c2ccc(C)cc2)nc1N. The lowest BCUT2D eigenvalue weighted by Crippen LogP contribution is -2.14. The van der Waals surface area contributed by atoms with E-state index in [1.807, 2.05) is 6.92 Å². The summed E-state index contributed by atoms with van der Waals surface area (Å²) < 4.78 is 25.2. The molecule has 0 aliphatic carbocycles. The van der Waals surface area contributed by atoms with Gasteiger partial charge in [0.1, 0.15) is 13.7 Å². The number of hydrogen-bond acceptors (Lipinski definition) is 4. The third kappa shape index (κ3) is 2.05. The van der Waals surface area contributed by atoms with Crippen molar-refractivity contribution >= 4 is 29.2 Å². The Labute approximate surface area is 101 Å². The van der Waals surface area contributed by atoms with Gasteiger partial charge in [0.25, 0.3) is 10.0 Å². The predicted molar refractivity (Wildman–Crippen MR) is 68.6 cm³/mol. The maximum absolute atomic E-state index is 12.2. The first-order valence-electron chi connectivity index (χ1n) is 5.05. The summed E-state index contributed by atoms with van der Waals surface area (Å²) in [5.74, 6) is 0.223. The fraction of sp³-hybridized carbons (Fsp3) is 0.100. The minimum Gasteiger partial charge on any atom is -0.383 e. The van der Waals surface area contributed by atoms with Gasteiger partial charge in [-0.15, -0.1) is 5.10 Å². The first-order chi connectivity index (χ1) is 7.91. The smallest absolute Gasteiger partial charge is 0.282 e. The maximum Gasteiger partial charge on any atom is 0.282 e. The maximum atomic E-state index is 12.2. The van der Waals surface area contributed by atoms with E-state index in [1.54, 1.807) is 32.1 Å². The van der Waals surface area contributed by atoms with E-state index in [2.05, 4.69) is 5.10 Å². The normalized spacial score (nSPS) is 11.6. The lowest BCUT2D eigenvalue weighted by molar-refractivity contribution is 0.580. The van der Waals surface area contributed by atoms with Gasteiger partial charge in [-0.05, 0) is 24.5 Å². The van der Waals surface area contributed by atoms with E-state index >= 15 is 0 Å². The fourth-order valence-electron chi connectivity index (χ4n) is 1.39. The minimum atomic E-state index is -3.63. The van der Waals surface area contributed by atoms with Gasteiger partial charge in [-0.3, -0.25) is 0 Å². The molecule has 1 heterocycles. The molecule has 0 saturated carbocycles. The van der Waals surface area contributed by atoms with Crippen LogP contribution < -0.4 is 11.2 Å². The van der Waals surface area contributed by atoms with Crippen molar-refractivity contribution in [2.45, 2.75) is 11.8 Å². The zero-order chi connectivity index (χ0) is 12.6. The van der Waals surface area contributed by atoms with E-state index in [0.717, 1.165) is 9.65 Å². The topological polar surface area (TPSA) is 78.0 Å². The molecule has 1 aromatic carbocycles. The highest BCUT2D eigenvalue weighted by Crippen LogP contribution is 2.13. The van der Waals surface area contributed by atoms with Crippen molar-refractivity contribution in [2.75, 3.05) is 5.73 Å². The van der Waals surface area contributed by atoms with E-state index in [0.29, 0.717) is 5.46 Å². The summed E-state index contributed by atoms with van der Waals surface area (Å²) in [7, 11) is -1.92. The third-order valence-electron chi connectivity index (χ3n) is 2.48. The summed E-state index contributed by atoms with van der Waals surface area (Å²) in [6, 6.07) is 6.59. The predicted octanol–water partition coefficient (Wildman–Crippen LogP) is -0.731. The zero-order valence-corrected chi connectivity index (χ0v) is 10.4. The van der Waals surface area contributed by atoms with Crippen molar-refractivity contribution in [3.63, 3.8) is 0 Å². The van der Waals surface area contributed by atoms with E-state index in [-0.39, 0.29) is 10.7 Å². The number of aryl methyl sites for hydroxylation is 1. The molecule has 2 rings (SSSR count). The molecule has 0 spiro atoms. The van der Waals surface area contributed by atoms with Crippen LogP contribution in [0.1, 0.15) is 5.56 Å². The average Bonchev–Trinajstić information content (AvgIpc) is 2.60. The Kier molecular flexibility index (Phi) is 2.70. The Morgan fingerprint density at radius 2 is 1.88 bits per heavy atom. The molecule has 0 aliphatic heterocycles. The molecule has 2 aromatic rings. The first kappa shape index (κ1) is 11.7. The number of rotatable bonds is 2. The van der Waals surface area contributed by atoms with Gasteiger partial charge < -0.3 is 5.73 Å². The van der Waals surface area contributed by atoms with Crippen molar-refractivity contribution in [3.8, 4) is 0 Å². The average molecular weight is 249 g/mol. The van der Waals surface area contributed by atoms with Crippen LogP contribution in [0.3, 0.4) is 0 Å². The highest BCUT2D eigenvalue weighted by Gasteiger charge is 2.18. The lowest BCUT2D eigenvalue weighted by Gasteiger charge is -2.04. The summed E-state index contributed by atoms with van der Waals surface area (Å²) in [5.41, 5.74) is 7.18. The number of nitrogen functional groups attached to an aromatic ring is 1. The molecule has 0 amide bonds. The summed E-state index contributed by atoms with van der Waals surface area (Å²) in [5, 5.41) is 3.79. The van der Waals surface area contributed by atoms with Gasteiger partial charge >= 0.3 is 0 Å². The Bertz CT molecular complexity index is 627. The molecule has 0 fully saturated rings. The second-order valence-corrected chi connectivity index (χ2v) is 5.68. The van der Waals surface area contributed by atoms with Crippen LogP contribution in [0.5, 0.6) is 0 Å². The van der Waals surface area contributed by atoms with Crippen LogP contribution in [-0.4, -0.2) is 25.4 Å². The minimum absolute atomic E-state index is 0.200. The van der Waals surface area contributed by atoms with Gasteiger partial charge in [0.2, 0.25) is 0 Å². The molecule has 0 unspecified atom stereocenters. The van der Waals surface area contributed by atoms with Crippen molar-refractivity contribution in [1.82, 2.24) is 9.19 Å². The number of nitrogens with two attached hydrogens (primary N) is 1. The Morgan fingerprint density at radius 3 is 2.35 bits per heavy atom. The van der Waals surface area contributed by atoms with Gasteiger partial charge in [0, 0.05) is 6.20 Å². The standard InChI is InChI=1S/C10H12BN3O2S/c1-7-2-4-8(5-3-7)17(15,16)14-6-9(11)10(12)13-14/h2-6H,11H2,1H3,(H2,12,13). The van der Waals surface area contributed by atoms with Crippen molar-refractivity contribution < 1.29 is 8.42 Å². The van der Waals surface area contributed by atoms with Gasteiger partial charge in [0.15, 0.2) is 0 Å². The fourth-order valence-corrected chi connectivity index (χ4v) is 2.58. The van der Waals surface area contributed by atoms with Crippen LogP contribution in [0.15, 0.2) is 35.4 Å². The number of hydrogen-bond donors (Lipinski definition) is 1. The van der Waals surface area contributed by atoms with Gasteiger partial charge in [-0.25, -0.2) is 0 Å². The van der Waals surface area contributed by atoms with Crippen LogP contribution in [0.4, 0.5) is 5.82 Å². The second-order valence-electron chi connectivity index (χ2n) is 3.89. The van der Waals surface area contributed by atoms with Gasteiger partial charge in [0.05, 0.1) is 4.90 Å². The molecule has 5 nitrogen and oxygen atoms in total. The molecule has 2 N–H and O–H groups in total. The Morgan fingerprint density at radius 1 is 1.29 bits per heavy atom. The quantitative estimate of drug-likeness (QED) is 0.712. The van der Waals surface area contributed by atoms with Crippen molar-refractivity contribution in [2.24, 2.45) is 0 Å². The molecule has 88 valence electrons. The molecule has 0 radical (unpaired) electrons. The molecule has 0 aliphatic rings. The molecular formula is C10H12BN3O2S. The van der Waals surface area contributed by atoms with E-state index in [1.165, 1.54) is 6.20 Å². The molecule has 0 bridgehead atoms. The summed E-state index contributed by atoms with van der Waals surface area (Å²) in [4.78, 5) is 0.200. The molecule has 17 heavy (non-hydrogen) atoms. The van der Waals surface area contributed by atoms with Crippen LogP contribution in [0.2, 0.25) is 0 Å². The molecule has 1 aromatic heterocycles. The van der Waals surface area contributed by atoms with E-state index < -0.39 is 10.0 Å². The first-order valence-corrected chi connectivity index (χ1v) is 6.49. The number of anilines is 1. The lowest BCUT2D eigenvalue weighted by atomic mass is 10.0. The van der Waals surface area contributed by atoms with E-state index in [9.17, 15) is 8.42 Å². The van der Waals surface area contributed by atoms with Gasteiger partial charge in [-0.2, -0.15) is 12.5 Å². The molecular weight excluding hydrogens is 237 g/mol. The molecule has 7 heteroatoms. The van der Waals surface area contributed by atoms with Crippen molar-refractivity contribution in [1.29, 1.82) is 0 Å². The molecule has 0 atom stereocenters. The van der Waals surface area contributed by atoms with Crippen LogP contribution in [-0.2, 0) is 10.0 Å². The molecule has 0 saturated heterocycles. The highest BCUT2D eigenvalue weighted by molar-refractivity contribution is 7.89. The van der Waals surface area contributed by atoms with E-state index in [4.69, 9.17) is 5.73 Å².